The van der Waals surface area contributed by atoms with Crippen LogP contribution in [0, 0.1) is 6.92 Å². The van der Waals surface area contributed by atoms with Gasteiger partial charge in [-0.3, -0.25) is 0 Å². The van der Waals surface area contributed by atoms with Crippen LogP contribution >= 0.6 is 11.6 Å². The number of methoxy groups -OCH3 is 1. The molecule has 9 heteroatoms. The average Bonchev–Trinajstić information content (AvgIpc) is 2.69. The largest absolute Gasteiger partial charge is 0.495 e. The van der Waals surface area contributed by atoms with Crippen molar-refractivity contribution < 1.29 is 23.0 Å². The van der Waals surface area contributed by atoms with E-state index in [0.29, 0.717) is 33.7 Å². The molecule has 0 spiro atoms. The first-order valence-corrected chi connectivity index (χ1v) is 10.4. The standard InChI is InChI=1S/C23H23ClF3N3O2/c1-12-28-10-14-17(29-12)6-5-7-18(14)30-20-13-8-16(24)19(32-4)9-15(13)21(2,3)11-22(20,31)23(25,26)27/h5-10,20,30-31H,11H2,1-4H3. The maximum absolute atomic E-state index is 14.4. The van der Waals surface area contributed by atoms with E-state index in [9.17, 15) is 18.3 Å². The first kappa shape index (κ1) is 22.6. The molecule has 1 aromatic heterocycles. The second-order valence-electron chi connectivity index (χ2n) is 8.79. The third-order valence-corrected chi connectivity index (χ3v) is 6.39. The maximum atomic E-state index is 14.4. The van der Waals surface area contributed by atoms with Gasteiger partial charge in [0.2, 0.25) is 0 Å². The Balaban J connectivity index is 1.95. The summed E-state index contributed by atoms with van der Waals surface area (Å²) in [7, 11) is 1.45. The van der Waals surface area contributed by atoms with E-state index in [1.54, 1.807) is 51.2 Å². The lowest BCUT2D eigenvalue weighted by Crippen LogP contribution is -2.58. The van der Waals surface area contributed by atoms with Crippen LogP contribution in [0.15, 0.2) is 36.5 Å². The number of aliphatic hydroxyl groups is 1. The molecule has 0 amide bonds. The zero-order chi connectivity index (χ0) is 23.5. The van der Waals surface area contributed by atoms with Crippen LogP contribution in [0.5, 0.6) is 5.75 Å². The molecule has 170 valence electrons. The van der Waals surface area contributed by atoms with Crippen molar-refractivity contribution in [1.82, 2.24) is 9.97 Å². The lowest BCUT2D eigenvalue weighted by molar-refractivity contribution is -0.275. The van der Waals surface area contributed by atoms with Crippen LogP contribution in [0.25, 0.3) is 10.9 Å². The van der Waals surface area contributed by atoms with E-state index in [2.05, 4.69) is 15.3 Å². The Hall–Kier alpha value is -2.58. The molecule has 2 atom stereocenters. The molecule has 1 aliphatic rings. The van der Waals surface area contributed by atoms with Crippen LogP contribution in [0.2, 0.25) is 5.02 Å². The normalized spacial score (nSPS) is 22.5. The molecule has 0 saturated carbocycles. The van der Waals surface area contributed by atoms with E-state index < -0.39 is 29.7 Å². The molecule has 0 saturated heterocycles. The summed E-state index contributed by atoms with van der Waals surface area (Å²) in [6.45, 7) is 5.07. The second-order valence-corrected chi connectivity index (χ2v) is 9.20. The van der Waals surface area contributed by atoms with Crippen LogP contribution in [0.4, 0.5) is 18.9 Å². The van der Waals surface area contributed by atoms with Crippen LogP contribution < -0.4 is 10.1 Å². The fourth-order valence-corrected chi connectivity index (χ4v) is 4.82. The summed E-state index contributed by atoms with van der Waals surface area (Å²) < 4.78 is 48.4. The number of nitrogens with zero attached hydrogens (tertiary/aromatic N) is 2. The summed E-state index contributed by atoms with van der Waals surface area (Å²) in [5.41, 5.74) is -2.19. The number of aryl methyl sites for hydroxylation is 1. The van der Waals surface area contributed by atoms with Gasteiger partial charge in [0.05, 0.1) is 23.7 Å². The number of hydrogen-bond donors (Lipinski definition) is 2. The molecular formula is C23H23ClF3N3O2. The van der Waals surface area contributed by atoms with Crippen molar-refractivity contribution in [2.45, 2.75) is 50.4 Å². The number of ether oxygens (including phenoxy) is 1. The summed E-state index contributed by atoms with van der Waals surface area (Å²) in [4.78, 5) is 8.52. The zero-order valence-corrected chi connectivity index (χ0v) is 18.8. The van der Waals surface area contributed by atoms with Crippen LogP contribution in [0.3, 0.4) is 0 Å². The lowest BCUT2D eigenvalue weighted by Gasteiger charge is -2.49. The molecular weight excluding hydrogens is 443 g/mol. The Morgan fingerprint density at radius 1 is 1.25 bits per heavy atom. The molecule has 0 aliphatic heterocycles. The minimum Gasteiger partial charge on any atom is -0.495 e. The number of aromatic nitrogens is 2. The molecule has 3 aromatic rings. The van der Waals surface area contributed by atoms with E-state index in [0.717, 1.165) is 0 Å². The molecule has 32 heavy (non-hydrogen) atoms. The van der Waals surface area contributed by atoms with Crippen LogP contribution in [0.1, 0.15) is 43.3 Å². The van der Waals surface area contributed by atoms with Gasteiger partial charge in [0.1, 0.15) is 11.6 Å². The summed E-state index contributed by atoms with van der Waals surface area (Å²) in [6.07, 6.45) is -3.88. The first-order chi connectivity index (χ1) is 14.9. The van der Waals surface area contributed by atoms with Gasteiger partial charge in [-0.05, 0) is 54.2 Å². The quantitative estimate of drug-likeness (QED) is 0.517. The fraction of sp³-hybridized carbons (Fsp3) is 0.391. The van der Waals surface area contributed by atoms with Crippen molar-refractivity contribution in [1.29, 1.82) is 0 Å². The van der Waals surface area contributed by atoms with E-state index in [4.69, 9.17) is 16.3 Å². The van der Waals surface area contributed by atoms with Crippen LogP contribution in [-0.2, 0) is 5.41 Å². The SMILES string of the molecule is COc1cc2c(cc1Cl)C(Nc1cccc3nc(C)ncc13)C(O)(C(F)(F)F)CC2(C)C. The number of fused-ring (bicyclic) bond motifs is 2. The summed E-state index contributed by atoms with van der Waals surface area (Å²) in [5, 5.41) is 14.8. The Labute approximate surface area is 188 Å². The Kier molecular flexibility index (Phi) is 5.29. The van der Waals surface area contributed by atoms with Crippen molar-refractivity contribution in [3.63, 3.8) is 0 Å². The number of alkyl halides is 3. The highest BCUT2D eigenvalue weighted by molar-refractivity contribution is 6.32. The van der Waals surface area contributed by atoms with Gasteiger partial charge in [0, 0.05) is 17.3 Å². The lowest BCUT2D eigenvalue weighted by atomic mass is 9.63. The third-order valence-electron chi connectivity index (χ3n) is 6.09. The Morgan fingerprint density at radius 3 is 2.62 bits per heavy atom. The molecule has 5 nitrogen and oxygen atoms in total. The number of hydrogen-bond acceptors (Lipinski definition) is 5. The van der Waals surface area contributed by atoms with Crippen molar-refractivity contribution >= 4 is 28.2 Å². The number of benzene rings is 2. The molecule has 1 aliphatic carbocycles. The molecule has 0 radical (unpaired) electrons. The van der Waals surface area contributed by atoms with Gasteiger partial charge in [-0.2, -0.15) is 13.2 Å². The topological polar surface area (TPSA) is 67.3 Å². The molecule has 2 unspecified atom stereocenters. The second kappa shape index (κ2) is 7.49. The minimum atomic E-state index is -4.90. The van der Waals surface area contributed by atoms with Gasteiger partial charge in [0.15, 0.2) is 5.60 Å². The average molecular weight is 466 g/mol. The maximum Gasteiger partial charge on any atom is 0.419 e. The number of nitrogens with one attached hydrogen (secondary N) is 1. The summed E-state index contributed by atoms with van der Waals surface area (Å²) in [6, 6.07) is 6.67. The van der Waals surface area contributed by atoms with E-state index in [-0.39, 0.29) is 10.6 Å². The molecule has 1 heterocycles. The van der Waals surface area contributed by atoms with Gasteiger partial charge in [-0.15, -0.1) is 0 Å². The predicted molar refractivity (Wildman–Crippen MR) is 117 cm³/mol. The van der Waals surface area contributed by atoms with Gasteiger partial charge >= 0.3 is 6.18 Å². The molecule has 2 N–H and O–H groups in total. The van der Waals surface area contributed by atoms with E-state index in [1.807, 2.05) is 0 Å². The number of halogens is 4. The molecule has 0 fully saturated rings. The Morgan fingerprint density at radius 2 is 1.97 bits per heavy atom. The monoisotopic (exact) mass is 465 g/mol. The van der Waals surface area contributed by atoms with E-state index >= 15 is 0 Å². The third kappa shape index (κ3) is 3.55. The van der Waals surface area contributed by atoms with Crippen molar-refractivity contribution in [2.75, 3.05) is 12.4 Å². The van der Waals surface area contributed by atoms with Crippen molar-refractivity contribution in [2.24, 2.45) is 0 Å². The first-order valence-electron chi connectivity index (χ1n) is 10.0. The Bertz CT molecular complexity index is 1200. The fourth-order valence-electron chi connectivity index (χ4n) is 4.57. The number of anilines is 1. The van der Waals surface area contributed by atoms with Gasteiger partial charge in [-0.25, -0.2) is 9.97 Å². The molecule has 4 rings (SSSR count). The summed E-state index contributed by atoms with van der Waals surface area (Å²) >= 11 is 6.31. The zero-order valence-electron chi connectivity index (χ0n) is 18.0. The minimum absolute atomic E-state index is 0.164. The highest BCUT2D eigenvalue weighted by atomic mass is 35.5. The predicted octanol–water partition coefficient (Wildman–Crippen LogP) is 5.73. The van der Waals surface area contributed by atoms with Gasteiger partial charge in [-0.1, -0.05) is 31.5 Å². The van der Waals surface area contributed by atoms with Gasteiger partial charge < -0.3 is 15.2 Å². The van der Waals surface area contributed by atoms with Crippen molar-refractivity contribution in [3.05, 3.63) is 58.5 Å². The number of rotatable bonds is 3. The summed E-state index contributed by atoms with van der Waals surface area (Å²) in [5.74, 6) is 0.911. The van der Waals surface area contributed by atoms with E-state index in [1.165, 1.54) is 13.2 Å². The highest BCUT2D eigenvalue weighted by Crippen LogP contribution is 2.55. The molecule has 2 aromatic carbocycles. The smallest absolute Gasteiger partial charge is 0.419 e. The van der Waals surface area contributed by atoms with Crippen LogP contribution in [-0.4, -0.2) is 34.0 Å². The van der Waals surface area contributed by atoms with Gasteiger partial charge in [0.25, 0.3) is 0 Å². The van der Waals surface area contributed by atoms with Crippen molar-refractivity contribution in [3.8, 4) is 5.75 Å². The molecule has 0 bridgehead atoms. The highest BCUT2D eigenvalue weighted by Gasteiger charge is 2.64.